The Balaban J connectivity index is 1.46. The van der Waals surface area contributed by atoms with Gasteiger partial charge in [0.25, 0.3) is 5.91 Å². The molecule has 0 atom stereocenters. The highest BCUT2D eigenvalue weighted by Crippen LogP contribution is 2.28. The van der Waals surface area contributed by atoms with Crippen molar-refractivity contribution >= 4 is 17.6 Å². The molecule has 8 nitrogen and oxygen atoms in total. The van der Waals surface area contributed by atoms with Crippen LogP contribution in [0.2, 0.25) is 0 Å². The lowest BCUT2D eigenvalue weighted by Gasteiger charge is -2.14. The van der Waals surface area contributed by atoms with Crippen LogP contribution < -0.4 is 20.7 Å². The van der Waals surface area contributed by atoms with Gasteiger partial charge in [0, 0.05) is 38.5 Å². The molecule has 32 heavy (non-hydrogen) atoms. The first kappa shape index (κ1) is 23.7. The number of hydrogen-bond acceptors (Lipinski definition) is 5. The highest BCUT2D eigenvalue weighted by Gasteiger charge is 2.20. The number of aliphatic imine (C=N–C) groups is 1. The third-order valence-electron chi connectivity index (χ3n) is 4.70. The molecule has 8 heteroatoms. The van der Waals surface area contributed by atoms with E-state index in [1.54, 1.807) is 12.1 Å². The highest BCUT2D eigenvalue weighted by molar-refractivity contribution is 5.94. The Kier molecular flexibility index (Phi) is 9.43. The number of amides is 1. The lowest BCUT2D eigenvalue weighted by Crippen LogP contribution is -2.38. The van der Waals surface area contributed by atoms with Crippen LogP contribution in [0.15, 0.2) is 52.1 Å². The van der Waals surface area contributed by atoms with Gasteiger partial charge in [-0.05, 0) is 75.4 Å². The van der Waals surface area contributed by atoms with Gasteiger partial charge < -0.3 is 29.8 Å². The van der Waals surface area contributed by atoms with Gasteiger partial charge in [-0.3, -0.25) is 9.79 Å². The molecule has 0 saturated heterocycles. The SMILES string of the molecule is CC(C)Oc1ccc(NC(=NCCCOCC2CC2)NCCNC(=O)c2ccco2)cc1. The van der Waals surface area contributed by atoms with Crippen molar-refractivity contribution < 1.29 is 18.7 Å². The smallest absolute Gasteiger partial charge is 0.287 e. The first-order valence-electron chi connectivity index (χ1n) is 11.3. The van der Waals surface area contributed by atoms with Gasteiger partial charge >= 0.3 is 0 Å². The second-order valence-electron chi connectivity index (χ2n) is 8.08. The minimum Gasteiger partial charge on any atom is -0.491 e. The van der Waals surface area contributed by atoms with E-state index in [-0.39, 0.29) is 12.0 Å². The number of ether oxygens (including phenoxy) is 2. The maximum absolute atomic E-state index is 12.0. The number of guanidine groups is 1. The Morgan fingerprint density at radius 3 is 2.62 bits per heavy atom. The van der Waals surface area contributed by atoms with Crippen molar-refractivity contribution in [1.29, 1.82) is 0 Å². The molecular formula is C24H34N4O4. The van der Waals surface area contributed by atoms with E-state index in [1.807, 2.05) is 38.1 Å². The zero-order chi connectivity index (χ0) is 22.6. The lowest BCUT2D eigenvalue weighted by atomic mass is 10.3. The van der Waals surface area contributed by atoms with E-state index in [2.05, 4.69) is 20.9 Å². The molecule has 1 saturated carbocycles. The number of hydrogen-bond donors (Lipinski definition) is 3. The second kappa shape index (κ2) is 12.8. The first-order chi connectivity index (χ1) is 15.6. The first-order valence-corrected chi connectivity index (χ1v) is 11.3. The summed E-state index contributed by atoms with van der Waals surface area (Å²) in [5, 5.41) is 9.38. The molecule has 1 aromatic carbocycles. The van der Waals surface area contributed by atoms with Crippen LogP contribution in [0.4, 0.5) is 5.69 Å². The topological polar surface area (TPSA) is 97.1 Å². The van der Waals surface area contributed by atoms with Gasteiger partial charge in [-0.1, -0.05) is 0 Å². The van der Waals surface area contributed by atoms with E-state index in [0.717, 1.165) is 30.4 Å². The molecule has 3 rings (SSSR count). The maximum atomic E-state index is 12.0. The van der Waals surface area contributed by atoms with Gasteiger partial charge in [0.15, 0.2) is 11.7 Å². The minimum absolute atomic E-state index is 0.131. The number of nitrogens with one attached hydrogen (secondary N) is 3. The fraction of sp³-hybridized carbons (Fsp3) is 0.500. The van der Waals surface area contributed by atoms with E-state index in [9.17, 15) is 4.79 Å². The molecule has 0 spiro atoms. The molecule has 1 aliphatic carbocycles. The predicted octanol–water partition coefficient (Wildman–Crippen LogP) is 3.67. The molecule has 0 bridgehead atoms. The largest absolute Gasteiger partial charge is 0.491 e. The van der Waals surface area contributed by atoms with Crippen molar-refractivity contribution in [2.75, 3.05) is 38.2 Å². The van der Waals surface area contributed by atoms with Crippen molar-refractivity contribution in [3.8, 4) is 5.75 Å². The Hall–Kier alpha value is -3.00. The number of benzene rings is 1. The van der Waals surface area contributed by atoms with Crippen LogP contribution >= 0.6 is 0 Å². The molecule has 1 heterocycles. The van der Waals surface area contributed by atoms with Crippen LogP contribution in [0.3, 0.4) is 0 Å². The van der Waals surface area contributed by atoms with Crippen LogP contribution in [0, 0.1) is 5.92 Å². The van der Waals surface area contributed by atoms with Crippen molar-refractivity contribution in [1.82, 2.24) is 10.6 Å². The molecule has 0 unspecified atom stereocenters. The summed E-state index contributed by atoms with van der Waals surface area (Å²) >= 11 is 0. The average Bonchev–Trinajstić information content (AvgIpc) is 3.43. The molecule has 1 fully saturated rings. The van der Waals surface area contributed by atoms with Crippen LogP contribution in [0.25, 0.3) is 0 Å². The Bertz CT molecular complexity index is 830. The average molecular weight is 443 g/mol. The fourth-order valence-corrected chi connectivity index (χ4v) is 2.91. The molecule has 0 aliphatic heterocycles. The summed E-state index contributed by atoms with van der Waals surface area (Å²) in [6, 6.07) is 11.1. The normalized spacial score (nSPS) is 13.8. The summed E-state index contributed by atoms with van der Waals surface area (Å²) in [7, 11) is 0. The number of rotatable bonds is 13. The molecule has 1 aliphatic rings. The maximum Gasteiger partial charge on any atom is 0.287 e. The molecule has 3 N–H and O–H groups in total. The summed E-state index contributed by atoms with van der Waals surface area (Å²) in [5.74, 6) is 2.31. The lowest BCUT2D eigenvalue weighted by molar-refractivity contribution is 0.0926. The molecule has 1 aromatic heterocycles. The number of anilines is 1. The van der Waals surface area contributed by atoms with Crippen molar-refractivity contribution in [2.45, 2.75) is 39.2 Å². The van der Waals surface area contributed by atoms with Crippen LogP contribution in [0.1, 0.15) is 43.7 Å². The molecule has 1 amide bonds. The second-order valence-corrected chi connectivity index (χ2v) is 8.08. The molecular weight excluding hydrogens is 408 g/mol. The summed E-state index contributed by atoms with van der Waals surface area (Å²) in [6.45, 7) is 7.19. The third kappa shape index (κ3) is 9.01. The summed E-state index contributed by atoms with van der Waals surface area (Å²) < 4.78 is 16.5. The third-order valence-corrected chi connectivity index (χ3v) is 4.70. The number of furan rings is 1. The Morgan fingerprint density at radius 2 is 1.94 bits per heavy atom. The van der Waals surface area contributed by atoms with E-state index in [1.165, 1.54) is 19.1 Å². The van der Waals surface area contributed by atoms with Crippen LogP contribution in [-0.2, 0) is 4.74 Å². The van der Waals surface area contributed by atoms with Gasteiger partial charge in [0.1, 0.15) is 5.75 Å². The highest BCUT2D eigenvalue weighted by atomic mass is 16.5. The zero-order valence-corrected chi connectivity index (χ0v) is 18.9. The molecule has 174 valence electrons. The summed E-state index contributed by atoms with van der Waals surface area (Å²) in [4.78, 5) is 16.6. The minimum atomic E-state index is -0.239. The van der Waals surface area contributed by atoms with Crippen LogP contribution in [-0.4, -0.2) is 50.8 Å². The summed E-state index contributed by atoms with van der Waals surface area (Å²) in [6.07, 6.45) is 5.07. The summed E-state index contributed by atoms with van der Waals surface area (Å²) in [5.41, 5.74) is 0.900. The monoisotopic (exact) mass is 442 g/mol. The van der Waals surface area contributed by atoms with E-state index in [0.29, 0.717) is 38.0 Å². The van der Waals surface area contributed by atoms with Crippen molar-refractivity contribution in [3.05, 3.63) is 48.4 Å². The van der Waals surface area contributed by atoms with Gasteiger partial charge in [0.05, 0.1) is 12.4 Å². The quantitative estimate of drug-likeness (QED) is 0.249. The zero-order valence-electron chi connectivity index (χ0n) is 18.9. The number of nitrogens with zero attached hydrogens (tertiary/aromatic N) is 1. The van der Waals surface area contributed by atoms with Crippen molar-refractivity contribution in [2.24, 2.45) is 10.9 Å². The molecule has 2 aromatic rings. The van der Waals surface area contributed by atoms with Gasteiger partial charge in [-0.2, -0.15) is 0 Å². The van der Waals surface area contributed by atoms with E-state index >= 15 is 0 Å². The molecule has 0 radical (unpaired) electrons. The van der Waals surface area contributed by atoms with Crippen LogP contribution in [0.5, 0.6) is 5.75 Å². The predicted molar refractivity (Wildman–Crippen MR) is 125 cm³/mol. The Labute approximate surface area is 189 Å². The number of carbonyl (C=O) groups excluding carboxylic acids is 1. The fourth-order valence-electron chi connectivity index (χ4n) is 2.91. The van der Waals surface area contributed by atoms with Crippen molar-refractivity contribution in [3.63, 3.8) is 0 Å². The Morgan fingerprint density at radius 1 is 1.16 bits per heavy atom. The number of carbonyl (C=O) groups is 1. The van der Waals surface area contributed by atoms with Gasteiger partial charge in [0.2, 0.25) is 0 Å². The van der Waals surface area contributed by atoms with Gasteiger partial charge in [-0.25, -0.2) is 0 Å². The van der Waals surface area contributed by atoms with Gasteiger partial charge in [-0.15, -0.1) is 0 Å². The van der Waals surface area contributed by atoms with E-state index in [4.69, 9.17) is 13.9 Å². The standard InChI is InChI=1S/C24H34N4O4/c1-18(2)32-21-10-8-20(9-11-21)28-24(26-12-4-15-30-17-19-6-7-19)27-14-13-25-23(29)22-5-3-16-31-22/h3,5,8-11,16,18-19H,4,6-7,12-15,17H2,1-2H3,(H,25,29)(H2,26,27,28). The van der Waals surface area contributed by atoms with E-state index < -0.39 is 0 Å².